The lowest BCUT2D eigenvalue weighted by Crippen LogP contribution is -2.17. The third kappa shape index (κ3) is 1.96. The molecule has 0 aliphatic heterocycles. The summed E-state index contributed by atoms with van der Waals surface area (Å²) in [6, 6.07) is 19.0. The molecule has 1 fully saturated rings. The van der Waals surface area contributed by atoms with Crippen molar-refractivity contribution in [2.45, 2.75) is 25.3 Å². The Morgan fingerprint density at radius 2 is 1.82 bits per heavy atom. The Morgan fingerprint density at radius 1 is 1.05 bits per heavy atom. The van der Waals surface area contributed by atoms with Gasteiger partial charge in [-0.05, 0) is 55.2 Å². The standard InChI is InChI=1S/C19H17N3/c20-12-13-4-5-15-11-19(14-6-8-16(21)9-7-14)22(18(15)10-13)17-2-1-3-17/h4-11,17H,1-3,21H2. The molecule has 3 heteroatoms. The second-order valence-electron chi connectivity index (χ2n) is 5.99. The van der Waals surface area contributed by atoms with Crippen molar-refractivity contribution in [3.05, 3.63) is 54.1 Å². The number of rotatable bonds is 2. The molecule has 3 nitrogen and oxygen atoms in total. The highest BCUT2D eigenvalue weighted by Crippen LogP contribution is 2.40. The lowest BCUT2D eigenvalue weighted by molar-refractivity contribution is 0.324. The molecule has 22 heavy (non-hydrogen) atoms. The number of hydrogen-bond donors (Lipinski definition) is 1. The van der Waals surface area contributed by atoms with Gasteiger partial charge >= 0.3 is 0 Å². The highest BCUT2D eigenvalue weighted by molar-refractivity contribution is 5.88. The van der Waals surface area contributed by atoms with Crippen LogP contribution in [-0.2, 0) is 0 Å². The monoisotopic (exact) mass is 287 g/mol. The number of hydrogen-bond acceptors (Lipinski definition) is 2. The Balaban J connectivity index is 1.97. The van der Waals surface area contributed by atoms with E-state index in [0.29, 0.717) is 6.04 Å². The van der Waals surface area contributed by atoms with Crippen molar-refractivity contribution in [1.82, 2.24) is 4.57 Å². The Labute approximate surface area is 129 Å². The van der Waals surface area contributed by atoms with Gasteiger partial charge in [0.1, 0.15) is 0 Å². The first-order valence-corrected chi connectivity index (χ1v) is 7.67. The smallest absolute Gasteiger partial charge is 0.0992 e. The summed E-state index contributed by atoms with van der Waals surface area (Å²) >= 11 is 0. The van der Waals surface area contributed by atoms with E-state index in [4.69, 9.17) is 5.73 Å². The third-order valence-corrected chi connectivity index (χ3v) is 4.62. The summed E-state index contributed by atoms with van der Waals surface area (Å²) in [5.74, 6) is 0. The van der Waals surface area contributed by atoms with Crippen molar-refractivity contribution in [3.63, 3.8) is 0 Å². The highest BCUT2D eigenvalue weighted by Gasteiger charge is 2.24. The summed E-state index contributed by atoms with van der Waals surface area (Å²) in [6.45, 7) is 0. The maximum Gasteiger partial charge on any atom is 0.0992 e. The van der Waals surface area contributed by atoms with Gasteiger partial charge < -0.3 is 10.3 Å². The van der Waals surface area contributed by atoms with Crippen LogP contribution in [0.4, 0.5) is 5.69 Å². The molecule has 0 unspecified atom stereocenters. The zero-order valence-corrected chi connectivity index (χ0v) is 12.3. The summed E-state index contributed by atoms with van der Waals surface area (Å²) < 4.78 is 2.41. The zero-order valence-electron chi connectivity index (χ0n) is 12.3. The Hall–Kier alpha value is -2.73. The first-order valence-electron chi connectivity index (χ1n) is 7.67. The molecule has 2 N–H and O–H groups in total. The first-order chi connectivity index (χ1) is 10.8. The van der Waals surface area contributed by atoms with E-state index in [-0.39, 0.29) is 0 Å². The SMILES string of the molecule is N#Cc1ccc2cc(-c3ccc(N)cc3)n(C3CCC3)c2c1. The van der Waals surface area contributed by atoms with Crippen LogP contribution in [0.15, 0.2) is 48.5 Å². The van der Waals surface area contributed by atoms with Gasteiger partial charge in [-0.3, -0.25) is 0 Å². The predicted molar refractivity (Wildman–Crippen MR) is 89.4 cm³/mol. The fraction of sp³-hybridized carbons (Fsp3) is 0.211. The van der Waals surface area contributed by atoms with E-state index in [1.165, 1.54) is 35.9 Å². The van der Waals surface area contributed by atoms with Gasteiger partial charge in [-0.25, -0.2) is 0 Å². The lowest BCUT2D eigenvalue weighted by atomic mass is 9.92. The van der Waals surface area contributed by atoms with E-state index in [9.17, 15) is 5.26 Å². The van der Waals surface area contributed by atoms with Crippen LogP contribution >= 0.6 is 0 Å². The van der Waals surface area contributed by atoms with Crippen LogP contribution in [0.2, 0.25) is 0 Å². The average Bonchev–Trinajstić information content (AvgIpc) is 2.85. The summed E-state index contributed by atoms with van der Waals surface area (Å²) in [6.07, 6.45) is 3.70. The Bertz CT molecular complexity index is 877. The van der Waals surface area contributed by atoms with Crippen LogP contribution in [0.1, 0.15) is 30.9 Å². The van der Waals surface area contributed by atoms with Crippen LogP contribution in [0, 0.1) is 11.3 Å². The number of nitrogens with zero attached hydrogens (tertiary/aromatic N) is 2. The molecule has 3 aromatic rings. The second kappa shape index (κ2) is 4.92. The Kier molecular flexibility index (Phi) is 2.90. The molecule has 0 saturated heterocycles. The summed E-state index contributed by atoms with van der Waals surface area (Å²) in [5.41, 5.74) is 10.9. The second-order valence-corrected chi connectivity index (χ2v) is 5.99. The number of anilines is 1. The molecule has 1 aromatic heterocycles. The van der Waals surface area contributed by atoms with E-state index >= 15 is 0 Å². The molecule has 0 amide bonds. The van der Waals surface area contributed by atoms with Gasteiger partial charge in [0.15, 0.2) is 0 Å². The molecule has 4 rings (SSSR count). The van der Waals surface area contributed by atoms with E-state index in [1.54, 1.807) is 0 Å². The normalized spacial score (nSPS) is 14.7. The number of nitriles is 1. The van der Waals surface area contributed by atoms with Gasteiger partial charge in [0.05, 0.1) is 17.1 Å². The average molecular weight is 287 g/mol. The minimum Gasteiger partial charge on any atom is -0.399 e. The van der Waals surface area contributed by atoms with Crippen molar-refractivity contribution in [1.29, 1.82) is 5.26 Å². The third-order valence-electron chi connectivity index (χ3n) is 4.62. The van der Waals surface area contributed by atoms with Crippen LogP contribution in [-0.4, -0.2) is 4.57 Å². The van der Waals surface area contributed by atoms with E-state index in [1.807, 2.05) is 30.3 Å². The lowest BCUT2D eigenvalue weighted by Gasteiger charge is -2.30. The van der Waals surface area contributed by atoms with E-state index in [0.717, 1.165) is 16.8 Å². The van der Waals surface area contributed by atoms with Gasteiger partial charge in [0, 0.05) is 22.8 Å². The van der Waals surface area contributed by atoms with Gasteiger partial charge in [-0.1, -0.05) is 18.2 Å². The van der Waals surface area contributed by atoms with Crippen molar-refractivity contribution >= 4 is 16.6 Å². The number of fused-ring (bicyclic) bond motifs is 1. The van der Waals surface area contributed by atoms with Crippen LogP contribution in [0.5, 0.6) is 0 Å². The minimum atomic E-state index is 0.541. The van der Waals surface area contributed by atoms with Crippen LogP contribution in [0.3, 0.4) is 0 Å². The fourth-order valence-electron chi connectivity index (χ4n) is 3.21. The van der Waals surface area contributed by atoms with E-state index < -0.39 is 0 Å². The summed E-state index contributed by atoms with van der Waals surface area (Å²) in [4.78, 5) is 0. The molecule has 1 heterocycles. The summed E-state index contributed by atoms with van der Waals surface area (Å²) in [7, 11) is 0. The number of nitrogen functional groups attached to an aromatic ring is 1. The molecule has 0 spiro atoms. The highest BCUT2D eigenvalue weighted by atomic mass is 15.0. The molecule has 1 aliphatic rings. The molecule has 2 aromatic carbocycles. The number of nitrogens with two attached hydrogens (primary N) is 1. The molecular formula is C19H17N3. The zero-order chi connectivity index (χ0) is 15.1. The predicted octanol–water partition coefficient (Wildman–Crippen LogP) is 4.49. The van der Waals surface area contributed by atoms with Gasteiger partial charge in [-0.2, -0.15) is 5.26 Å². The quantitative estimate of drug-likeness (QED) is 0.706. The first kappa shape index (κ1) is 13.0. The molecule has 1 aliphatic carbocycles. The van der Waals surface area contributed by atoms with E-state index in [2.05, 4.69) is 28.8 Å². The van der Waals surface area contributed by atoms with Crippen molar-refractivity contribution < 1.29 is 0 Å². The molecule has 108 valence electrons. The molecule has 0 atom stereocenters. The molecule has 0 radical (unpaired) electrons. The number of aromatic nitrogens is 1. The van der Waals surface area contributed by atoms with Gasteiger partial charge in [0.25, 0.3) is 0 Å². The van der Waals surface area contributed by atoms with Gasteiger partial charge in [-0.15, -0.1) is 0 Å². The minimum absolute atomic E-state index is 0.541. The Morgan fingerprint density at radius 3 is 2.45 bits per heavy atom. The fourth-order valence-corrected chi connectivity index (χ4v) is 3.21. The largest absolute Gasteiger partial charge is 0.399 e. The van der Waals surface area contributed by atoms with Gasteiger partial charge in [0.2, 0.25) is 0 Å². The van der Waals surface area contributed by atoms with Crippen molar-refractivity contribution in [2.24, 2.45) is 0 Å². The van der Waals surface area contributed by atoms with Crippen molar-refractivity contribution in [2.75, 3.05) is 5.73 Å². The summed E-state index contributed by atoms with van der Waals surface area (Å²) in [5, 5.41) is 10.4. The van der Waals surface area contributed by atoms with Crippen LogP contribution in [0.25, 0.3) is 22.2 Å². The number of benzene rings is 2. The van der Waals surface area contributed by atoms with Crippen LogP contribution < -0.4 is 5.73 Å². The topological polar surface area (TPSA) is 54.7 Å². The molecule has 0 bridgehead atoms. The maximum atomic E-state index is 9.18. The van der Waals surface area contributed by atoms with Crippen molar-refractivity contribution in [3.8, 4) is 17.3 Å². The molecule has 1 saturated carbocycles. The molecular weight excluding hydrogens is 270 g/mol. The maximum absolute atomic E-state index is 9.18.